The summed E-state index contributed by atoms with van der Waals surface area (Å²) in [6.45, 7) is 0. The quantitative estimate of drug-likeness (QED) is 0.850. The first-order valence-corrected chi connectivity index (χ1v) is 6.58. The molecule has 1 N–H and O–H groups in total. The molecule has 2 aromatic carbocycles. The number of hydrogen-bond donors (Lipinski definition) is 1. The Balaban J connectivity index is 2.00. The first kappa shape index (κ1) is 14.3. The number of aliphatic hydroxyl groups excluding tert-OH is 1. The molecule has 2 rings (SSSR count). The van der Waals surface area contributed by atoms with E-state index in [1.807, 2.05) is 42.5 Å². The average Bonchev–Trinajstić information content (AvgIpc) is 2.48. The maximum absolute atomic E-state index is 11.1. The van der Waals surface area contributed by atoms with Crippen molar-refractivity contribution in [3.8, 4) is 11.1 Å². The summed E-state index contributed by atoms with van der Waals surface area (Å²) < 4.78 is 4.54. The number of carbonyl (C=O) groups is 1. The Kier molecular flexibility index (Phi) is 4.91. The van der Waals surface area contributed by atoms with Crippen molar-refractivity contribution in [2.75, 3.05) is 7.11 Å². The molecular formula is C17H18O3. The Morgan fingerprint density at radius 1 is 1.05 bits per heavy atom. The average molecular weight is 270 g/mol. The maximum atomic E-state index is 11.1. The van der Waals surface area contributed by atoms with Crippen molar-refractivity contribution in [2.45, 2.75) is 18.9 Å². The van der Waals surface area contributed by atoms with Crippen LogP contribution >= 0.6 is 0 Å². The number of hydrogen-bond acceptors (Lipinski definition) is 3. The molecule has 1 atom stereocenters. The van der Waals surface area contributed by atoms with Gasteiger partial charge in [-0.15, -0.1) is 0 Å². The van der Waals surface area contributed by atoms with Gasteiger partial charge in [0.1, 0.15) is 0 Å². The van der Waals surface area contributed by atoms with Crippen molar-refractivity contribution in [3.05, 3.63) is 60.2 Å². The van der Waals surface area contributed by atoms with Gasteiger partial charge in [0.15, 0.2) is 0 Å². The van der Waals surface area contributed by atoms with Crippen LogP contribution in [0.1, 0.15) is 12.0 Å². The van der Waals surface area contributed by atoms with Crippen LogP contribution in [-0.4, -0.2) is 24.3 Å². The van der Waals surface area contributed by atoms with E-state index >= 15 is 0 Å². The van der Waals surface area contributed by atoms with Gasteiger partial charge in [-0.3, -0.25) is 4.79 Å². The normalized spacial score (nSPS) is 11.9. The van der Waals surface area contributed by atoms with E-state index in [1.54, 1.807) is 0 Å². The lowest BCUT2D eigenvalue weighted by atomic mass is 10.0. The Hall–Kier alpha value is -2.13. The van der Waals surface area contributed by atoms with Crippen LogP contribution in [0.25, 0.3) is 11.1 Å². The van der Waals surface area contributed by atoms with Gasteiger partial charge in [-0.25, -0.2) is 0 Å². The van der Waals surface area contributed by atoms with Crippen LogP contribution in [0.15, 0.2) is 54.6 Å². The minimum atomic E-state index is -0.704. The summed E-state index contributed by atoms with van der Waals surface area (Å²) in [5, 5.41) is 9.79. The van der Waals surface area contributed by atoms with Gasteiger partial charge in [-0.1, -0.05) is 54.6 Å². The highest BCUT2D eigenvalue weighted by Crippen LogP contribution is 2.19. The van der Waals surface area contributed by atoms with Crippen LogP contribution in [0.3, 0.4) is 0 Å². The van der Waals surface area contributed by atoms with Crippen molar-refractivity contribution in [2.24, 2.45) is 0 Å². The van der Waals surface area contributed by atoms with Crippen LogP contribution < -0.4 is 0 Å². The number of benzene rings is 2. The number of esters is 1. The van der Waals surface area contributed by atoms with Gasteiger partial charge >= 0.3 is 5.97 Å². The summed E-state index contributed by atoms with van der Waals surface area (Å²) in [7, 11) is 1.32. The lowest BCUT2D eigenvalue weighted by Crippen LogP contribution is -2.16. The molecule has 0 amide bonds. The van der Waals surface area contributed by atoms with E-state index in [-0.39, 0.29) is 6.42 Å². The summed E-state index contributed by atoms with van der Waals surface area (Å²) in [6.07, 6.45) is -0.230. The third kappa shape index (κ3) is 3.93. The minimum absolute atomic E-state index is 0.0247. The third-order valence-electron chi connectivity index (χ3n) is 3.16. The molecule has 0 bridgehead atoms. The van der Waals surface area contributed by atoms with E-state index in [0.29, 0.717) is 6.42 Å². The van der Waals surface area contributed by atoms with Crippen molar-refractivity contribution in [3.63, 3.8) is 0 Å². The van der Waals surface area contributed by atoms with Crippen molar-refractivity contribution >= 4 is 5.97 Å². The van der Waals surface area contributed by atoms with E-state index in [9.17, 15) is 9.90 Å². The van der Waals surface area contributed by atoms with E-state index in [1.165, 1.54) is 7.11 Å². The number of methoxy groups -OCH3 is 1. The Morgan fingerprint density at radius 3 is 2.25 bits per heavy atom. The summed E-state index contributed by atoms with van der Waals surface area (Å²) in [6, 6.07) is 18.1. The molecule has 2 aromatic rings. The maximum Gasteiger partial charge on any atom is 0.308 e. The Labute approximate surface area is 118 Å². The predicted molar refractivity (Wildman–Crippen MR) is 78.2 cm³/mol. The molecule has 0 fully saturated rings. The lowest BCUT2D eigenvalue weighted by Gasteiger charge is -2.10. The standard InChI is InChI=1S/C17H18O3/c1-20-17(19)12-16(18)11-13-7-9-15(10-8-13)14-5-3-2-4-6-14/h2-10,16,18H,11-12H2,1H3/t16-/m1/s1. The largest absolute Gasteiger partial charge is 0.469 e. The van der Waals surface area contributed by atoms with Crippen LogP contribution in [0.5, 0.6) is 0 Å². The third-order valence-corrected chi connectivity index (χ3v) is 3.16. The molecule has 0 aliphatic heterocycles. The predicted octanol–water partition coefficient (Wildman–Crippen LogP) is 2.82. The molecule has 3 heteroatoms. The van der Waals surface area contributed by atoms with Crippen molar-refractivity contribution in [1.82, 2.24) is 0 Å². The molecule has 0 spiro atoms. The molecule has 0 radical (unpaired) electrons. The van der Waals surface area contributed by atoms with Gasteiger partial charge in [0, 0.05) is 0 Å². The minimum Gasteiger partial charge on any atom is -0.469 e. The second-order valence-electron chi connectivity index (χ2n) is 4.70. The fourth-order valence-electron chi connectivity index (χ4n) is 2.08. The van der Waals surface area contributed by atoms with Gasteiger partial charge < -0.3 is 9.84 Å². The fourth-order valence-corrected chi connectivity index (χ4v) is 2.08. The zero-order valence-corrected chi connectivity index (χ0v) is 11.5. The molecule has 0 heterocycles. The second-order valence-corrected chi connectivity index (χ2v) is 4.70. The number of rotatable bonds is 5. The van der Waals surface area contributed by atoms with Gasteiger partial charge in [-0.05, 0) is 23.1 Å². The smallest absolute Gasteiger partial charge is 0.308 e. The van der Waals surface area contributed by atoms with Crippen LogP contribution in [0.2, 0.25) is 0 Å². The molecule has 0 aromatic heterocycles. The molecule has 0 aliphatic rings. The van der Waals surface area contributed by atoms with E-state index in [0.717, 1.165) is 16.7 Å². The monoisotopic (exact) mass is 270 g/mol. The van der Waals surface area contributed by atoms with E-state index in [4.69, 9.17) is 0 Å². The topological polar surface area (TPSA) is 46.5 Å². The summed E-state index contributed by atoms with van der Waals surface area (Å²) in [4.78, 5) is 11.1. The van der Waals surface area contributed by atoms with Gasteiger partial charge in [0.25, 0.3) is 0 Å². The Morgan fingerprint density at radius 2 is 1.65 bits per heavy atom. The zero-order chi connectivity index (χ0) is 14.4. The number of carbonyl (C=O) groups excluding carboxylic acids is 1. The van der Waals surface area contributed by atoms with Crippen LogP contribution in [-0.2, 0) is 16.0 Å². The summed E-state index contributed by atoms with van der Waals surface area (Å²) in [5.74, 6) is -0.390. The van der Waals surface area contributed by atoms with Gasteiger partial charge in [-0.2, -0.15) is 0 Å². The number of ether oxygens (including phenoxy) is 1. The molecular weight excluding hydrogens is 252 g/mol. The Bertz CT molecular complexity index is 546. The highest BCUT2D eigenvalue weighted by Gasteiger charge is 2.11. The highest BCUT2D eigenvalue weighted by molar-refractivity contribution is 5.69. The summed E-state index contributed by atoms with van der Waals surface area (Å²) in [5.41, 5.74) is 3.30. The first-order chi connectivity index (χ1) is 9.69. The molecule has 3 nitrogen and oxygen atoms in total. The second kappa shape index (κ2) is 6.87. The fraction of sp³-hybridized carbons (Fsp3) is 0.235. The van der Waals surface area contributed by atoms with Gasteiger partial charge in [0.05, 0.1) is 19.6 Å². The molecule has 0 saturated carbocycles. The number of aliphatic hydroxyl groups is 1. The van der Waals surface area contributed by atoms with Crippen molar-refractivity contribution < 1.29 is 14.6 Å². The first-order valence-electron chi connectivity index (χ1n) is 6.58. The molecule has 104 valence electrons. The molecule has 0 unspecified atom stereocenters. The van der Waals surface area contributed by atoms with E-state index in [2.05, 4.69) is 16.9 Å². The molecule has 0 saturated heterocycles. The van der Waals surface area contributed by atoms with Gasteiger partial charge in [0.2, 0.25) is 0 Å². The lowest BCUT2D eigenvalue weighted by molar-refractivity contribution is -0.142. The van der Waals surface area contributed by atoms with Crippen molar-refractivity contribution in [1.29, 1.82) is 0 Å². The highest BCUT2D eigenvalue weighted by atomic mass is 16.5. The van der Waals surface area contributed by atoms with Crippen LogP contribution in [0.4, 0.5) is 0 Å². The van der Waals surface area contributed by atoms with Crippen LogP contribution in [0, 0.1) is 0 Å². The zero-order valence-electron chi connectivity index (χ0n) is 11.5. The van der Waals surface area contributed by atoms with E-state index < -0.39 is 12.1 Å². The molecule has 0 aliphatic carbocycles. The molecule has 20 heavy (non-hydrogen) atoms. The SMILES string of the molecule is COC(=O)C[C@H](O)Cc1ccc(-c2ccccc2)cc1. The summed E-state index contributed by atoms with van der Waals surface area (Å²) >= 11 is 0.